The quantitative estimate of drug-likeness (QED) is 0.694. The van der Waals surface area contributed by atoms with Crippen molar-refractivity contribution in [2.24, 2.45) is 0 Å². The Kier molecular flexibility index (Phi) is 4.22. The lowest BCUT2D eigenvalue weighted by molar-refractivity contribution is -0.132. The molecule has 0 aliphatic carbocycles. The molecular weight excluding hydrogens is 164 g/mol. The zero-order chi connectivity index (χ0) is 9.68. The van der Waals surface area contributed by atoms with Crippen LogP contribution in [0.3, 0.4) is 0 Å². The maximum Gasteiger partial charge on any atom is 0.224 e. The predicted molar refractivity (Wildman–Crippen MR) is 53.6 cm³/mol. The summed E-state index contributed by atoms with van der Waals surface area (Å²) in [6, 6.07) is 0.340. The Labute approximate surface area is 80.5 Å². The molecule has 13 heavy (non-hydrogen) atoms. The van der Waals surface area contributed by atoms with E-state index in [1.54, 1.807) is 0 Å². The van der Waals surface area contributed by atoms with Crippen molar-refractivity contribution >= 4 is 5.91 Å². The molecule has 1 fully saturated rings. The molecule has 0 radical (unpaired) electrons. The summed E-state index contributed by atoms with van der Waals surface area (Å²) >= 11 is 0. The maximum absolute atomic E-state index is 11.7. The van der Waals surface area contributed by atoms with E-state index in [1.165, 1.54) is 0 Å². The molecule has 1 N–H and O–H groups in total. The van der Waals surface area contributed by atoms with Crippen molar-refractivity contribution in [2.45, 2.75) is 39.2 Å². The van der Waals surface area contributed by atoms with Crippen molar-refractivity contribution in [3.63, 3.8) is 0 Å². The number of amides is 1. The lowest BCUT2D eigenvalue weighted by Crippen LogP contribution is -2.42. The Morgan fingerprint density at radius 2 is 2.38 bits per heavy atom. The van der Waals surface area contributed by atoms with Crippen molar-refractivity contribution in [2.75, 3.05) is 19.6 Å². The van der Waals surface area contributed by atoms with Gasteiger partial charge in [0.25, 0.3) is 0 Å². The van der Waals surface area contributed by atoms with Crippen molar-refractivity contribution < 1.29 is 4.79 Å². The van der Waals surface area contributed by atoms with Gasteiger partial charge >= 0.3 is 0 Å². The van der Waals surface area contributed by atoms with Crippen LogP contribution in [-0.4, -0.2) is 36.5 Å². The summed E-state index contributed by atoms with van der Waals surface area (Å²) in [6.07, 6.45) is 2.80. The summed E-state index contributed by atoms with van der Waals surface area (Å²) in [5, 5.41) is 3.33. The fourth-order valence-electron chi connectivity index (χ4n) is 1.71. The molecule has 76 valence electrons. The van der Waals surface area contributed by atoms with Crippen molar-refractivity contribution in [1.29, 1.82) is 0 Å². The maximum atomic E-state index is 11.7. The van der Waals surface area contributed by atoms with Crippen LogP contribution in [0, 0.1) is 0 Å². The average molecular weight is 184 g/mol. The monoisotopic (exact) mass is 184 g/mol. The van der Waals surface area contributed by atoms with E-state index in [0.717, 1.165) is 32.5 Å². The third-order valence-corrected chi connectivity index (χ3v) is 2.42. The van der Waals surface area contributed by atoms with E-state index in [2.05, 4.69) is 19.2 Å². The minimum absolute atomic E-state index is 0.307. The third-order valence-electron chi connectivity index (χ3n) is 2.42. The lowest BCUT2D eigenvalue weighted by atomic mass is 10.1. The topological polar surface area (TPSA) is 32.3 Å². The number of hydrogen-bond acceptors (Lipinski definition) is 2. The van der Waals surface area contributed by atoms with Crippen LogP contribution in [0.15, 0.2) is 0 Å². The van der Waals surface area contributed by atoms with Gasteiger partial charge in [0, 0.05) is 25.6 Å². The number of hydrogen-bond donors (Lipinski definition) is 1. The third kappa shape index (κ3) is 3.35. The summed E-state index contributed by atoms with van der Waals surface area (Å²) in [7, 11) is 0. The Morgan fingerprint density at radius 3 is 3.08 bits per heavy atom. The van der Waals surface area contributed by atoms with Gasteiger partial charge in [-0.2, -0.15) is 0 Å². The predicted octanol–water partition coefficient (Wildman–Crippen LogP) is 0.997. The molecule has 1 saturated heterocycles. The summed E-state index contributed by atoms with van der Waals surface area (Å²) in [4.78, 5) is 13.7. The van der Waals surface area contributed by atoms with Crippen LogP contribution >= 0.6 is 0 Å². The van der Waals surface area contributed by atoms with Gasteiger partial charge in [0.15, 0.2) is 0 Å². The first-order valence-corrected chi connectivity index (χ1v) is 5.25. The van der Waals surface area contributed by atoms with Crippen molar-refractivity contribution in [3.05, 3.63) is 0 Å². The Morgan fingerprint density at radius 1 is 1.62 bits per heavy atom. The molecule has 1 amide bonds. The highest BCUT2D eigenvalue weighted by atomic mass is 16.2. The second kappa shape index (κ2) is 5.22. The number of nitrogens with zero attached hydrogens (tertiary/aromatic N) is 1. The highest BCUT2D eigenvalue weighted by Crippen LogP contribution is 2.04. The molecule has 0 saturated carbocycles. The minimum Gasteiger partial charge on any atom is -0.343 e. The Bertz CT molecular complexity index is 170. The van der Waals surface area contributed by atoms with Crippen molar-refractivity contribution in [1.82, 2.24) is 10.2 Å². The molecule has 3 nitrogen and oxygen atoms in total. The van der Waals surface area contributed by atoms with Crippen LogP contribution in [0.25, 0.3) is 0 Å². The summed E-state index contributed by atoms with van der Waals surface area (Å²) in [5.74, 6) is 0.307. The molecule has 1 unspecified atom stereocenters. The van der Waals surface area contributed by atoms with Crippen LogP contribution in [0.2, 0.25) is 0 Å². The summed E-state index contributed by atoms with van der Waals surface area (Å²) in [6.45, 7) is 7.08. The summed E-state index contributed by atoms with van der Waals surface area (Å²) in [5.41, 5.74) is 0. The van der Waals surface area contributed by atoms with Crippen molar-refractivity contribution in [3.8, 4) is 0 Å². The van der Waals surface area contributed by atoms with E-state index >= 15 is 0 Å². The molecule has 0 spiro atoms. The number of nitrogens with one attached hydrogen (secondary N) is 1. The smallest absolute Gasteiger partial charge is 0.224 e. The standard InChI is InChI=1S/C10H20N2O/c1-3-6-12-7-4-5-11-9(2)8-10(12)13/h9,11H,3-8H2,1-2H3. The van der Waals surface area contributed by atoms with Gasteiger partial charge in [-0.1, -0.05) is 6.92 Å². The van der Waals surface area contributed by atoms with E-state index in [4.69, 9.17) is 0 Å². The van der Waals surface area contributed by atoms with Gasteiger partial charge in [0.05, 0.1) is 0 Å². The molecule has 0 aromatic heterocycles. The molecule has 1 aliphatic heterocycles. The van der Waals surface area contributed by atoms with E-state index in [1.807, 2.05) is 4.90 Å². The van der Waals surface area contributed by atoms with E-state index in [0.29, 0.717) is 18.4 Å². The van der Waals surface area contributed by atoms with Gasteiger partial charge in [-0.3, -0.25) is 4.79 Å². The van der Waals surface area contributed by atoms with E-state index in [-0.39, 0.29) is 0 Å². The van der Waals surface area contributed by atoms with E-state index < -0.39 is 0 Å². The highest BCUT2D eigenvalue weighted by molar-refractivity contribution is 5.76. The van der Waals surface area contributed by atoms with Crippen LogP contribution in [0.4, 0.5) is 0 Å². The van der Waals surface area contributed by atoms with Crippen LogP contribution in [0.1, 0.15) is 33.1 Å². The first-order chi connectivity index (χ1) is 6.24. The molecular formula is C10H20N2O. The van der Waals surface area contributed by atoms with Gasteiger partial charge in [-0.25, -0.2) is 0 Å². The average Bonchev–Trinajstić information content (AvgIpc) is 2.08. The molecule has 0 bridgehead atoms. The first-order valence-electron chi connectivity index (χ1n) is 5.25. The second-order valence-corrected chi connectivity index (χ2v) is 3.79. The normalized spacial score (nSPS) is 25.5. The van der Waals surface area contributed by atoms with Gasteiger partial charge in [0.2, 0.25) is 5.91 Å². The first kappa shape index (κ1) is 10.5. The van der Waals surface area contributed by atoms with Crippen LogP contribution < -0.4 is 5.32 Å². The van der Waals surface area contributed by atoms with Gasteiger partial charge in [-0.05, 0) is 26.3 Å². The summed E-state index contributed by atoms with van der Waals surface area (Å²) < 4.78 is 0. The molecule has 3 heteroatoms. The zero-order valence-corrected chi connectivity index (χ0v) is 8.68. The fraction of sp³-hybridized carbons (Fsp3) is 0.900. The van der Waals surface area contributed by atoms with Crippen LogP contribution in [-0.2, 0) is 4.79 Å². The second-order valence-electron chi connectivity index (χ2n) is 3.79. The Hall–Kier alpha value is -0.570. The molecule has 0 aromatic rings. The molecule has 1 rings (SSSR count). The largest absolute Gasteiger partial charge is 0.343 e. The highest BCUT2D eigenvalue weighted by Gasteiger charge is 2.17. The van der Waals surface area contributed by atoms with Gasteiger partial charge < -0.3 is 10.2 Å². The zero-order valence-electron chi connectivity index (χ0n) is 8.68. The Balaban J connectivity index is 2.46. The number of carbonyl (C=O) groups excluding carboxylic acids is 1. The fourth-order valence-corrected chi connectivity index (χ4v) is 1.71. The molecule has 1 atom stereocenters. The molecule has 1 aliphatic rings. The minimum atomic E-state index is 0.307. The number of carbonyl (C=O) groups is 1. The van der Waals surface area contributed by atoms with Gasteiger partial charge in [0.1, 0.15) is 0 Å². The number of rotatable bonds is 2. The van der Waals surface area contributed by atoms with E-state index in [9.17, 15) is 4.79 Å². The lowest BCUT2D eigenvalue weighted by Gasteiger charge is -2.27. The van der Waals surface area contributed by atoms with Gasteiger partial charge in [-0.15, -0.1) is 0 Å². The van der Waals surface area contributed by atoms with Crippen LogP contribution in [0.5, 0.6) is 0 Å². The SMILES string of the molecule is CCCN1CCCNC(C)CC1=O. The molecule has 1 heterocycles. The molecule has 0 aromatic carbocycles.